The maximum Gasteiger partial charge on any atom is 0.245 e. The van der Waals surface area contributed by atoms with Gasteiger partial charge in [-0.15, -0.1) is 0 Å². The molecule has 0 saturated heterocycles. The molecule has 0 aliphatic rings. The molecule has 0 aliphatic carbocycles. The fraction of sp³-hybridized carbons (Fsp3) is 0.273. The molecule has 1 aromatic carbocycles. The monoisotopic (exact) mass is 255 g/mol. The second kappa shape index (κ2) is 5.19. The number of aliphatic hydroxyl groups is 1. The van der Waals surface area contributed by atoms with Crippen molar-refractivity contribution in [2.24, 2.45) is 5.73 Å². The summed E-state index contributed by atoms with van der Waals surface area (Å²) in [6, 6.07) is 2.40. The minimum absolute atomic E-state index is 0.0874. The third-order valence-corrected chi connectivity index (χ3v) is 2.28. The molecule has 96 valence electrons. The lowest BCUT2D eigenvalue weighted by molar-refractivity contribution is 0.236. The highest BCUT2D eigenvalue weighted by Crippen LogP contribution is 2.13. The van der Waals surface area contributed by atoms with Gasteiger partial charge in [-0.2, -0.15) is 4.98 Å². The van der Waals surface area contributed by atoms with Crippen LogP contribution in [0.3, 0.4) is 0 Å². The zero-order valence-electron chi connectivity index (χ0n) is 9.31. The predicted molar refractivity (Wildman–Crippen MR) is 57.5 cm³/mol. The van der Waals surface area contributed by atoms with Crippen LogP contribution in [0.15, 0.2) is 22.7 Å². The van der Waals surface area contributed by atoms with Crippen molar-refractivity contribution in [1.82, 2.24) is 10.1 Å². The van der Waals surface area contributed by atoms with Crippen LogP contribution in [0.4, 0.5) is 8.78 Å². The molecule has 0 radical (unpaired) electrons. The van der Waals surface area contributed by atoms with Crippen molar-refractivity contribution in [2.45, 2.75) is 12.5 Å². The predicted octanol–water partition coefficient (Wildman–Crippen LogP) is 0.931. The smallest absolute Gasteiger partial charge is 0.245 e. The molecule has 5 nitrogen and oxygen atoms in total. The first-order chi connectivity index (χ1) is 8.58. The molecule has 2 aromatic rings. The first-order valence-corrected chi connectivity index (χ1v) is 5.22. The summed E-state index contributed by atoms with van der Waals surface area (Å²) in [5.74, 6) is -0.996. The van der Waals surface area contributed by atoms with E-state index in [1.807, 2.05) is 0 Å². The first kappa shape index (κ1) is 12.6. The molecule has 3 N–H and O–H groups in total. The van der Waals surface area contributed by atoms with E-state index in [0.29, 0.717) is 5.56 Å². The van der Waals surface area contributed by atoms with Gasteiger partial charge in [0.2, 0.25) is 5.89 Å². The second-order valence-corrected chi connectivity index (χ2v) is 3.79. The number of hydrogen-bond donors (Lipinski definition) is 2. The van der Waals surface area contributed by atoms with E-state index < -0.39 is 17.7 Å². The Morgan fingerprint density at radius 1 is 1.28 bits per heavy atom. The number of aliphatic hydroxyl groups excluding tert-OH is 1. The van der Waals surface area contributed by atoms with Gasteiger partial charge < -0.3 is 15.4 Å². The fourth-order valence-corrected chi connectivity index (χ4v) is 1.46. The molecule has 0 aliphatic heterocycles. The van der Waals surface area contributed by atoms with E-state index in [4.69, 9.17) is 15.4 Å². The molecule has 7 heteroatoms. The molecule has 18 heavy (non-hydrogen) atoms. The molecular formula is C11H11F2N3O2. The third-order valence-electron chi connectivity index (χ3n) is 2.28. The van der Waals surface area contributed by atoms with Crippen LogP contribution in [0.1, 0.15) is 23.3 Å². The molecule has 0 spiro atoms. The van der Waals surface area contributed by atoms with E-state index in [1.165, 1.54) is 12.1 Å². The molecule has 0 amide bonds. The fourth-order valence-electron chi connectivity index (χ4n) is 1.46. The Morgan fingerprint density at radius 3 is 2.56 bits per heavy atom. The van der Waals surface area contributed by atoms with Crippen molar-refractivity contribution >= 4 is 0 Å². The Bertz CT molecular complexity index is 525. The molecule has 1 heterocycles. The number of rotatable bonds is 4. The van der Waals surface area contributed by atoms with Crippen LogP contribution in [0, 0.1) is 11.6 Å². The van der Waals surface area contributed by atoms with E-state index >= 15 is 0 Å². The summed E-state index contributed by atoms with van der Waals surface area (Å²) >= 11 is 0. The molecular weight excluding hydrogens is 244 g/mol. The first-order valence-electron chi connectivity index (χ1n) is 5.22. The van der Waals surface area contributed by atoms with Crippen molar-refractivity contribution in [3.63, 3.8) is 0 Å². The molecule has 0 unspecified atom stereocenters. The number of nitrogens with two attached hydrogens (primary N) is 1. The second-order valence-electron chi connectivity index (χ2n) is 3.79. The van der Waals surface area contributed by atoms with Crippen LogP contribution >= 0.6 is 0 Å². The average molecular weight is 255 g/mol. The molecule has 1 aromatic heterocycles. The number of hydrogen-bond acceptors (Lipinski definition) is 5. The van der Waals surface area contributed by atoms with Crippen molar-refractivity contribution in [1.29, 1.82) is 0 Å². The number of nitrogens with zero attached hydrogens (tertiary/aromatic N) is 2. The highest BCUT2D eigenvalue weighted by atomic mass is 19.1. The largest absolute Gasteiger partial charge is 0.394 e. The highest BCUT2D eigenvalue weighted by molar-refractivity contribution is 5.21. The lowest BCUT2D eigenvalue weighted by atomic mass is 10.1. The van der Waals surface area contributed by atoms with E-state index in [9.17, 15) is 8.78 Å². The summed E-state index contributed by atoms with van der Waals surface area (Å²) in [5.41, 5.74) is 5.87. The molecule has 1 atom stereocenters. The topological polar surface area (TPSA) is 85.2 Å². The lowest BCUT2D eigenvalue weighted by Gasteiger charge is -1.99. The van der Waals surface area contributed by atoms with Gasteiger partial charge in [-0.1, -0.05) is 5.16 Å². The van der Waals surface area contributed by atoms with E-state index in [0.717, 1.165) is 6.07 Å². The quantitative estimate of drug-likeness (QED) is 0.848. The molecule has 2 rings (SSSR count). The van der Waals surface area contributed by atoms with Gasteiger partial charge >= 0.3 is 0 Å². The summed E-state index contributed by atoms with van der Waals surface area (Å²) in [4.78, 5) is 3.93. The van der Waals surface area contributed by atoms with Crippen LogP contribution in [-0.4, -0.2) is 21.9 Å². The number of benzene rings is 1. The Kier molecular flexibility index (Phi) is 3.63. The van der Waals surface area contributed by atoms with Crippen LogP contribution in [0.25, 0.3) is 0 Å². The minimum Gasteiger partial charge on any atom is -0.394 e. The van der Waals surface area contributed by atoms with Gasteiger partial charge in [0.25, 0.3) is 0 Å². The van der Waals surface area contributed by atoms with Gasteiger partial charge in [0.05, 0.1) is 6.61 Å². The van der Waals surface area contributed by atoms with E-state index in [1.54, 1.807) is 0 Å². The third kappa shape index (κ3) is 2.88. The Balaban J connectivity index is 2.16. The van der Waals surface area contributed by atoms with Gasteiger partial charge in [-0.25, -0.2) is 8.78 Å². The maximum absolute atomic E-state index is 13.0. The Morgan fingerprint density at radius 2 is 1.94 bits per heavy atom. The summed E-state index contributed by atoms with van der Waals surface area (Å²) < 4.78 is 30.7. The van der Waals surface area contributed by atoms with Gasteiger partial charge in [0, 0.05) is 12.5 Å². The molecule has 0 bridgehead atoms. The van der Waals surface area contributed by atoms with Crippen LogP contribution < -0.4 is 5.73 Å². The highest BCUT2D eigenvalue weighted by Gasteiger charge is 2.14. The summed E-state index contributed by atoms with van der Waals surface area (Å²) in [6.45, 7) is -0.323. The maximum atomic E-state index is 13.0. The summed E-state index contributed by atoms with van der Waals surface area (Å²) in [7, 11) is 0. The Labute approximate surface area is 101 Å². The number of halogens is 2. The van der Waals surface area contributed by atoms with Gasteiger partial charge in [-0.3, -0.25) is 0 Å². The van der Waals surface area contributed by atoms with Crippen LogP contribution in [0.2, 0.25) is 0 Å². The van der Waals surface area contributed by atoms with E-state index in [2.05, 4.69) is 10.1 Å². The van der Waals surface area contributed by atoms with Gasteiger partial charge in [0.1, 0.15) is 17.7 Å². The van der Waals surface area contributed by atoms with Crippen LogP contribution in [-0.2, 0) is 6.42 Å². The molecule has 0 fully saturated rings. The normalized spacial score (nSPS) is 12.7. The standard InChI is InChI=1S/C11H11F2N3O2/c12-7-1-6(2-8(13)4-7)3-10-15-11(18-16-10)9(14)5-17/h1-2,4,9,17H,3,5,14H2/t9-/m0/s1. The van der Waals surface area contributed by atoms with Gasteiger partial charge in [0.15, 0.2) is 5.82 Å². The number of aromatic nitrogens is 2. The average Bonchev–Trinajstić information content (AvgIpc) is 2.75. The van der Waals surface area contributed by atoms with Crippen LogP contribution in [0.5, 0.6) is 0 Å². The van der Waals surface area contributed by atoms with Gasteiger partial charge in [-0.05, 0) is 17.7 Å². The minimum atomic E-state index is -0.754. The zero-order valence-corrected chi connectivity index (χ0v) is 9.31. The summed E-state index contributed by atoms with van der Waals surface area (Å²) in [6.07, 6.45) is 0.121. The van der Waals surface area contributed by atoms with Crippen molar-refractivity contribution in [3.05, 3.63) is 47.1 Å². The summed E-state index contributed by atoms with van der Waals surface area (Å²) in [5, 5.41) is 12.4. The van der Waals surface area contributed by atoms with Crippen molar-refractivity contribution in [3.8, 4) is 0 Å². The SMILES string of the molecule is N[C@@H](CO)c1nc(Cc2cc(F)cc(F)c2)no1. The Hall–Kier alpha value is -1.86. The van der Waals surface area contributed by atoms with Crippen molar-refractivity contribution in [2.75, 3.05) is 6.61 Å². The van der Waals surface area contributed by atoms with E-state index in [-0.39, 0.29) is 24.7 Å². The zero-order chi connectivity index (χ0) is 13.1. The lowest BCUT2D eigenvalue weighted by Crippen LogP contribution is -2.14. The van der Waals surface area contributed by atoms with Crippen molar-refractivity contribution < 1.29 is 18.4 Å². The molecule has 0 saturated carbocycles.